The minimum Gasteiger partial charge on any atom is -0.489 e. The van der Waals surface area contributed by atoms with Crippen LogP contribution in [0.5, 0.6) is 11.8 Å². The molecule has 0 unspecified atom stereocenters. The lowest BCUT2D eigenvalue weighted by molar-refractivity contribution is 0.0183. The summed E-state index contributed by atoms with van der Waals surface area (Å²) < 4.78 is 24.1. The molecule has 4 aromatic carbocycles. The molecular formula is C46H52N6O6. The summed E-state index contributed by atoms with van der Waals surface area (Å²) in [5.41, 5.74) is 4.53. The molecule has 0 bridgehead atoms. The SMILES string of the molecule is CC(C)(C)OC(=O)N1CCC[C@H]1COc1nc2c(c(N3CCN(C(=O)OCc4ccccc4)CC3)n1)CCN(c1cc(OCc3ccccc3)cc3ccccc13)C2. The number of rotatable bonds is 10. The van der Waals surface area contributed by atoms with Crippen molar-refractivity contribution in [2.75, 3.05) is 55.7 Å². The number of hydrogen-bond acceptors (Lipinski definition) is 10. The first kappa shape index (κ1) is 38.8. The molecule has 2 saturated heterocycles. The van der Waals surface area contributed by atoms with Gasteiger partial charge in [0.25, 0.3) is 0 Å². The highest BCUT2D eigenvalue weighted by molar-refractivity contribution is 5.96. The monoisotopic (exact) mass is 784 g/mol. The first-order chi connectivity index (χ1) is 28.2. The summed E-state index contributed by atoms with van der Waals surface area (Å²) in [6.45, 7) is 10.7. The van der Waals surface area contributed by atoms with Gasteiger partial charge in [-0.2, -0.15) is 9.97 Å². The molecule has 0 spiro atoms. The second kappa shape index (κ2) is 17.2. The van der Waals surface area contributed by atoms with Crippen molar-refractivity contribution >= 4 is 34.5 Å². The number of carbonyl (C=O) groups is 2. The number of anilines is 2. The Balaban J connectivity index is 1.04. The second-order valence-electron chi connectivity index (χ2n) is 16.2. The van der Waals surface area contributed by atoms with Gasteiger partial charge in [-0.05, 0) is 62.6 Å². The Morgan fingerprint density at radius 2 is 1.45 bits per heavy atom. The summed E-state index contributed by atoms with van der Waals surface area (Å²) in [4.78, 5) is 44.4. The Kier molecular flexibility index (Phi) is 11.5. The van der Waals surface area contributed by atoms with E-state index in [0.29, 0.717) is 45.9 Å². The van der Waals surface area contributed by atoms with E-state index in [4.69, 9.17) is 28.9 Å². The summed E-state index contributed by atoms with van der Waals surface area (Å²) in [5.74, 6) is 1.64. The Labute approximate surface area is 340 Å². The number of fused-ring (bicyclic) bond motifs is 2. The molecule has 5 aromatic rings. The lowest BCUT2D eigenvalue weighted by Crippen LogP contribution is -2.49. The van der Waals surface area contributed by atoms with Crippen LogP contribution in [0, 0.1) is 0 Å². The van der Waals surface area contributed by atoms with Crippen LogP contribution in [0.3, 0.4) is 0 Å². The molecule has 58 heavy (non-hydrogen) atoms. The van der Waals surface area contributed by atoms with Gasteiger partial charge in [0.05, 0.1) is 18.3 Å². The van der Waals surface area contributed by atoms with Crippen molar-refractivity contribution in [2.45, 2.75) is 71.4 Å². The molecule has 0 saturated carbocycles. The maximum absolute atomic E-state index is 13.1. The maximum atomic E-state index is 13.1. The van der Waals surface area contributed by atoms with E-state index in [1.54, 1.807) is 9.80 Å². The number of benzene rings is 4. The molecule has 4 heterocycles. The van der Waals surface area contributed by atoms with E-state index < -0.39 is 5.60 Å². The normalized spacial score (nSPS) is 16.9. The van der Waals surface area contributed by atoms with E-state index >= 15 is 0 Å². The standard InChI is InChI=1S/C46H52N6O6/c1-46(2,3)58-45(54)52-21-12-18-36(52)32-56-43-47-40-29-51(41-28-37(27-35-17-10-11-19-38(35)41)55-30-33-13-6-4-7-14-33)22-20-39(40)42(48-43)49-23-25-50(26-24-49)44(53)57-31-34-15-8-5-9-16-34/h4-11,13-17,19,27-28,36H,12,18,20-26,29-32H2,1-3H3/t36-/m0/s1. The highest BCUT2D eigenvalue weighted by Gasteiger charge is 2.34. The molecule has 302 valence electrons. The third-order valence-electron chi connectivity index (χ3n) is 10.9. The largest absolute Gasteiger partial charge is 0.489 e. The number of ether oxygens (including phenoxy) is 4. The van der Waals surface area contributed by atoms with E-state index in [0.717, 1.165) is 76.2 Å². The zero-order valence-electron chi connectivity index (χ0n) is 33.6. The minimum atomic E-state index is -0.588. The third-order valence-corrected chi connectivity index (χ3v) is 10.9. The Hall–Kier alpha value is -6.04. The quantitative estimate of drug-likeness (QED) is 0.138. The van der Waals surface area contributed by atoms with E-state index in [-0.39, 0.29) is 37.5 Å². The Morgan fingerprint density at radius 1 is 0.741 bits per heavy atom. The van der Waals surface area contributed by atoms with Crippen molar-refractivity contribution < 1.29 is 28.5 Å². The average molecular weight is 785 g/mol. The second-order valence-corrected chi connectivity index (χ2v) is 16.2. The number of piperazine rings is 1. The van der Waals surface area contributed by atoms with Crippen molar-refractivity contribution in [3.63, 3.8) is 0 Å². The summed E-state index contributed by atoms with van der Waals surface area (Å²) >= 11 is 0. The van der Waals surface area contributed by atoms with Gasteiger partial charge in [-0.1, -0.05) is 84.9 Å². The summed E-state index contributed by atoms with van der Waals surface area (Å²) in [6, 6.07) is 32.7. The number of amides is 2. The molecule has 1 atom stereocenters. The molecule has 8 rings (SSSR count). The van der Waals surface area contributed by atoms with Crippen LogP contribution >= 0.6 is 0 Å². The zero-order valence-corrected chi connectivity index (χ0v) is 33.6. The van der Waals surface area contributed by atoms with Gasteiger partial charge in [0, 0.05) is 62.0 Å². The number of likely N-dealkylation sites (tertiary alicyclic amines) is 1. The van der Waals surface area contributed by atoms with Crippen molar-refractivity contribution in [1.29, 1.82) is 0 Å². The summed E-state index contributed by atoms with van der Waals surface area (Å²) in [5, 5.41) is 2.25. The fourth-order valence-corrected chi connectivity index (χ4v) is 7.92. The van der Waals surface area contributed by atoms with Crippen LogP contribution < -0.4 is 19.3 Å². The molecule has 0 aliphatic carbocycles. The Bertz CT molecular complexity index is 2210. The number of aromatic nitrogens is 2. The first-order valence-corrected chi connectivity index (χ1v) is 20.3. The van der Waals surface area contributed by atoms with Crippen LogP contribution in [0.1, 0.15) is 56.0 Å². The zero-order chi connectivity index (χ0) is 40.1. The fourth-order valence-electron chi connectivity index (χ4n) is 7.92. The predicted octanol–water partition coefficient (Wildman–Crippen LogP) is 8.01. The van der Waals surface area contributed by atoms with Crippen LogP contribution in [0.25, 0.3) is 10.8 Å². The summed E-state index contributed by atoms with van der Waals surface area (Å²) in [6.07, 6.45) is 1.76. The van der Waals surface area contributed by atoms with Crippen LogP contribution in [-0.4, -0.2) is 89.5 Å². The third kappa shape index (κ3) is 9.22. The fraction of sp³-hybridized carbons (Fsp3) is 0.391. The van der Waals surface area contributed by atoms with Gasteiger partial charge in [0.1, 0.15) is 37.0 Å². The van der Waals surface area contributed by atoms with Crippen LogP contribution in [0.4, 0.5) is 21.1 Å². The van der Waals surface area contributed by atoms with Crippen molar-refractivity contribution in [3.05, 3.63) is 119 Å². The number of nitrogens with zero attached hydrogens (tertiary/aromatic N) is 6. The molecule has 12 nitrogen and oxygen atoms in total. The molecular weight excluding hydrogens is 733 g/mol. The van der Waals surface area contributed by atoms with Gasteiger partial charge in [-0.25, -0.2) is 9.59 Å². The van der Waals surface area contributed by atoms with Gasteiger partial charge in [0.15, 0.2) is 0 Å². The van der Waals surface area contributed by atoms with Gasteiger partial charge >= 0.3 is 18.2 Å². The van der Waals surface area contributed by atoms with Gasteiger partial charge in [-0.15, -0.1) is 0 Å². The van der Waals surface area contributed by atoms with Gasteiger partial charge in [0.2, 0.25) is 0 Å². The molecule has 12 heteroatoms. The highest BCUT2D eigenvalue weighted by Crippen LogP contribution is 2.37. The Morgan fingerprint density at radius 3 is 2.19 bits per heavy atom. The van der Waals surface area contributed by atoms with Crippen LogP contribution in [-0.2, 0) is 35.7 Å². The topological polar surface area (TPSA) is 110 Å². The lowest BCUT2D eigenvalue weighted by Gasteiger charge is -2.38. The van der Waals surface area contributed by atoms with Crippen molar-refractivity contribution in [3.8, 4) is 11.8 Å². The molecule has 3 aliphatic heterocycles. The maximum Gasteiger partial charge on any atom is 0.410 e. The van der Waals surface area contributed by atoms with E-state index in [9.17, 15) is 9.59 Å². The summed E-state index contributed by atoms with van der Waals surface area (Å²) in [7, 11) is 0. The average Bonchev–Trinajstić information content (AvgIpc) is 3.73. The number of carbonyl (C=O) groups excluding carboxylic acids is 2. The van der Waals surface area contributed by atoms with E-state index in [1.165, 1.54) is 0 Å². The van der Waals surface area contributed by atoms with Crippen molar-refractivity contribution in [2.24, 2.45) is 0 Å². The molecule has 3 aliphatic rings. The predicted molar refractivity (Wildman–Crippen MR) is 223 cm³/mol. The lowest BCUT2D eigenvalue weighted by atomic mass is 10.0. The molecule has 2 fully saturated rings. The minimum absolute atomic E-state index is 0.148. The van der Waals surface area contributed by atoms with E-state index in [1.807, 2.05) is 69.3 Å². The first-order valence-electron chi connectivity index (χ1n) is 20.3. The van der Waals surface area contributed by atoms with Gasteiger partial charge < -0.3 is 38.5 Å². The van der Waals surface area contributed by atoms with Crippen LogP contribution in [0.2, 0.25) is 0 Å². The molecule has 1 aromatic heterocycles. The molecule has 2 amide bonds. The van der Waals surface area contributed by atoms with Crippen molar-refractivity contribution in [1.82, 2.24) is 19.8 Å². The van der Waals surface area contributed by atoms with Crippen LogP contribution in [0.15, 0.2) is 97.1 Å². The molecule has 0 N–H and O–H groups in total. The number of hydrogen-bond donors (Lipinski definition) is 0. The van der Waals surface area contributed by atoms with Gasteiger partial charge in [-0.3, -0.25) is 0 Å². The smallest absolute Gasteiger partial charge is 0.410 e. The molecule has 0 radical (unpaired) electrons. The van der Waals surface area contributed by atoms with E-state index in [2.05, 4.69) is 58.3 Å². The highest BCUT2D eigenvalue weighted by atomic mass is 16.6.